The monoisotopic (exact) mass is 260 g/mol. The Morgan fingerprint density at radius 1 is 1.21 bits per heavy atom. The van der Waals surface area contributed by atoms with Crippen molar-refractivity contribution in [2.24, 2.45) is 5.41 Å². The number of ether oxygens (including phenoxy) is 1. The predicted octanol–water partition coefficient (Wildman–Crippen LogP) is 2.28. The molecule has 0 fully saturated rings. The fourth-order valence-corrected chi connectivity index (χ4v) is 2.72. The molecule has 0 saturated heterocycles. The van der Waals surface area contributed by atoms with E-state index in [-0.39, 0.29) is 11.3 Å². The molecular weight excluding hydrogens is 240 g/mol. The molecule has 0 atom stereocenters. The molecule has 0 aromatic heterocycles. The predicted molar refractivity (Wildman–Crippen MR) is 76.0 cm³/mol. The van der Waals surface area contributed by atoms with Gasteiger partial charge in [0.1, 0.15) is 18.0 Å². The van der Waals surface area contributed by atoms with Gasteiger partial charge in [0.2, 0.25) is 5.91 Å². The molecule has 1 amide bonds. The van der Waals surface area contributed by atoms with Crippen molar-refractivity contribution in [2.45, 2.75) is 20.8 Å². The Labute approximate surface area is 113 Å². The highest BCUT2D eigenvalue weighted by atomic mass is 16.5. The summed E-state index contributed by atoms with van der Waals surface area (Å²) in [5.41, 5.74) is 1.71. The Hall–Kier alpha value is -1.71. The van der Waals surface area contributed by atoms with E-state index >= 15 is 0 Å². The third-order valence-electron chi connectivity index (χ3n) is 3.68. The highest BCUT2D eigenvalue weighted by Crippen LogP contribution is 2.43. The average molecular weight is 260 g/mol. The summed E-state index contributed by atoms with van der Waals surface area (Å²) in [5.74, 6) is 1.07. The number of rotatable bonds is 0. The Balaban J connectivity index is 2.06. The van der Waals surface area contributed by atoms with Crippen molar-refractivity contribution in [3.8, 4) is 5.75 Å². The summed E-state index contributed by atoms with van der Waals surface area (Å²) < 4.78 is 5.70. The van der Waals surface area contributed by atoms with Crippen LogP contribution in [0.15, 0.2) is 18.2 Å². The Morgan fingerprint density at radius 2 is 2.00 bits per heavy atom. The van der Waals surface area contributed by atoms with E-state index in [0.29, 0.717) is 0 Å². The lowest BCUT2D eigenvalue weighted by Crippen LogP contribution is -2.49. The average Bonchev–Trinajstić information content (AvgIpc) is 2.38. The van der Waals surface area contributed by atoms with Crippen molar-refractivity contribution in [3.05, 3.63) is 18.2 Å². The molecule has 1 aromatic rings. The molecule has 0 aliphatic carbocycles. The van der Waals surface area contributed by atoms with E-state index in [9.17, 15) is 4.79 Å². The summed E-state index contributed by atoms with van der Waals surface area (Å²) in [4.78, 5) is 16.8. The highest BCUT2D eigenvalue weighted by Gasteiger charge is 2.35. The van der Waals surface area contributed by atoms with Crippen LogP contribution in [0.4, 0.5) is 11.4 Å². The van der Waals surface area contributed by atoms with Crippen molar-refractivity contribution < 1.29 is 9.53 Å². The number of carbonyl (C=O) groups is 1. The van der Waals surface area contributed by atoms with Gasteiger partial charge in [-0.2, -0.15) is 0 Å². The van der Waals surface area contributed by atoms with Crippen molar-refractivity contribution in [1.29, 1.82) is 0 Å². The first kappa shape index (κ1) is 12.3. The van der Waals surface area contributed by atoms with Crippen LogP contribution in [-0.4, -0.2) is 32.1 Å². The molecule has 2 heterocycles. The molecule has 3 rings (SSSR count). The zero-order chi connectivity index (χ0) is 13.6. The summed E-state index contributed by atoms with van der Waals surface area (Å²) in [6.45, 7) is 9.17. The zero-order valence-electron chi connectivity index (χ0n) is 11.8. The fraction of sp³-hybridized carbons (Fsp3) is 0.533. The van der Waals surface area contributed by atoms with E-state index in [4.69, 9.17) is 4.74 Å². The van der Waals surface area contributed by atoms with Gasteiger partial charge in [-0.25, -0.2) is 0 Å². The van der Waals surface area contributed by atoms with Gasteiger partial charge in [-0.05, 0) is 12.1 Å². The van der Waals surface area contributed by atoms with Crippen LogP contribution >= 0.6 is 0 Å². The zero-order valence-corrected chi connectivity index (χ0v) is 11.8. The topological polar surface area (TPSA) is 32.8 Å². The molecular formula is C15H20N2O2. The third kappa shape index (κ3) is 1.95. The van der Waals surface area contributed by atoms with Crippen LogP contribution in [0, 0.1) is 5.41 Å². The van der Waals surface area contributed by atoms with Crippen molar-refractivity contribution in [2.75, 3.05) is 36.0 Å². The van der Waals surface area contributed by atoms with E-state index in [2.05, 4.69) is 4.90 Å². The molecule has 0 spiro atoms. The largest absolute Gasteiger partial charge is 0.489 e. The van der Waals surface area contributed by atoms with Crippen molar-refractivity contribution in [3.63, 3.8) is 0 Å². The van der Waals surface area contributed by atoms with Gasteiger partial charge in [-0.15, -0.1) is 0 Å². The normalized spacial score (nSPS) is 17.8. The minimum absolute atomic E-state index is 0.172. The third-order valence-corrected chi connectivity index (χ3v) is 3.68. The Bertz CT molecular complexity index is 519. The number of carbonyl (C=O) groups excluding carboxylic acids is 1. The first-order chi connectivity index (χ1) is 8.98. The minimum atomic E-state index is -0.361. The summed E-state index contributed by atoms with van der Waals surface area (Å²) in [7, 11) is 0. The van der Waals surface area contributed by atoms with Gasteiger partial charge in [-0.1, -0.05) is 26.8 Å². The van der Waals surface area contributed by atoms with E-state index in [1.165, 1.54) is 0 Å². The summed E-state index contributed by atoms with van der Waals surface area (Å²) >= 11 is 0. The SMILES string of the molecule is CC(C)(C)C(=O)N1CCN2CCOc3cccc1c32. The van der Waals surface area contributed by atoms with Gasteiger partial charge in [-0.3, -0.25) is 4.79 Å². The van der Waals surface area contributed by atoms with Crippen LogP contribution in [0.25, 0.3) is 0 Å². The van der Waals surface area contributed by atoms with Crippen molar-refractivity contribution >= 4 is 17.3 Å². The number of hydrogen-bond donors (Lipinski definition) is 0. The second-order valence-corrected chi connectivity index (χ2v) is 6.17. The molecule has 2 aliphatic heterocycles. The molecule has 1 aromatic carbocycles. The van der Waals surface area contributed by atoms with Crippen LogP contribution in [0.5, 0.6) is 5.75 Å². The quantitative estimate of drug-likeness (QED) is 0.717. The second-order valence-electron chi connectivity index (χ2n) is 6.17. The number of amides is 1. The fourth-order valence-electron chi connectivity index (χ4n) is 2.72. The van der Waals surface area contributed by atoms with Gasteiger partial charge in [0, 0.05) is 18.5 Å². The number of anilines is 2. The van der Waals surface area contributed by atoms with Crippen LogP contribution in [0.2, 0.25) is 0 Å². The van der Waals surface area contributed by atoms with Gasteiger partial charge in [0.25, 0.3) is 0 Å². The maximum atomic E-state index is 12.6. The van der Waals surface area contributed by atoms with Crippen LogP contribution in [0.3, 0.4) is 0 Å². The number of benzene rings is 1. The molecule has 19 heavy (non-hydrogen) atoms. The summed E-state index contributed by atoms with van der Waals surface area (Å²) in [5, 5.41) is 0. The lowest BCUT2D eigenvalue weighted by Gasteiger charge is -2.42. The number of hydrogen-bond acceptors (Lipinski definition) is 3. The second kappa shape index (κ2) is 4.15. The molecule has 102 valence electrons. The van der Waals surface area contributed by atoms with Gasteiger partial charge >= 0.3 is 0 Å². The number of nitrogens with zero attached hydrogens (tertiary/aromatic N) is 2. The van der Waals surface area contributed by atoms with Crippen molar-refractivity contribution in [1.82, 2.24) is 0 Å². The van der Waals surface area contributed by atoms with Crippen LogP contribution in [-0.2, 0) is 4.79 Å². The highest BCUT2D eigenvalue weighted by molar-refractivity contribution is 6.01. The molecule has 0 N–H and O–H groups in total. The molecule has 4 nitrogen and oxygen atoms in total. The standard InChI is InChI=1S/C15H20N2O2/c1-15(2,3)14(18)17-8-7-16-9-10-19-12-6-4-5-11(17)13(12)16/h4-6H,7-10H2,1-3H3. The van der Waals surface area contributed by atoms with E-state index < -0.39 is 0 Å². The smallest absolute Gasteiger partial charge is 0.232 e. The Kier molecular flexibility index (Phi) is 2.69. The lowest BCUT2D eigenvalue weighted by molar-refractivity contribution is -0.125. The van der Waals surface area contributed by atoms with Gasteiger partial charge in [0.15, 0.2) is 0 Å². The lowest BCUT2D eigenvalue weighted by atomic mass is 9.93. The van der Waals surface area contributed by atoms with E-state index in [1.807, 2.05) is 43.9 Å². The molecule has 0 saturated carbocycles. The maximum absolute atomic E-state index is 12.6. The molecule has 0 radical (unpaired) electrons. The molecule has 2 aliphatic rings. The van der Waals surface area contributed by atoms with E-state index in [0.717, 1.165) is 43.4 Å². The summed E-state index contributed by atoms with van der Waals surface area (Å²) in [6.07, 6.45) is 0. The first-order valence-electron chi connectivity index (χ1n) is 6.81. The first-order valence-corrected chi connectivity index (χ1v) is 6.81. The minimum Gasteiger partial charge on any atom is -0.489 e. The van der Waals surface area contributed by atoms with E-state index in [1.54, 1.807) is 0 Å². The van der Waals surface area contributed by atoms with Gasteiger partial charge < -0.3 is 14.5 Å². The summed E-state index contributed by atoms with van der Waals surface area (Å²) in [6, 6.07) is 5.96. The van der Waals surface area contributed by atoms with Crippen LogP contribution in [0.1, 0.15) is 20.8 Å². The molecule has 0 unspecified atom stereocenters. The number of para-hydroxylation sites is 1. The molecule has 4 heteroatoms. The maximum Gasteiger partial charge on any atom is 0.232 e. The van der Waals surface area contributed by atoms with Gasteiger partial charge in [0.05, 0.1) is 12.2 Å². The Morgan fingerprint density at radius 3 is 2.74 bits per heavy atom. The van der Waals surface area contributed by atoms with Crippen LogP contribution < -0.4 is 14.5 Å². The molecule has 0 bridgehead atoms.